The lowest BCUT2D eigenvalue weighted by atomic mass is 10.0. The molecule has 1 aliphatic heterocycles. The molecule has 0 spiro atoms. The number of ether oxygens (including phenoxy) is 1. The summed E-state index contributed by atoms with van der Waals surface area (Å²) in [6, 6.07) is 17.2. The van der Waals surface area contributed by atoms with Gasteiger partial charge in [-0.15, -0.1) is 0 Å². The van der Waals surface area contributed by atoms with Gasteiger partial charge in [-0.25, -0.2) is 32.5 Å². The number of fused-ring (bicyclic) bond motifs is 2. The summed E-state index contributed by atoms with van der Waals surface area (Å²) in [4.78, 5) is 24.5. The van der Waals surface area contributed by atoms with Gasteiger partial charge in [-0.05, 0) is 80.8 Å². The molecule has 6 heterocycles. The highest BCUT2D eigenvalue weighted by molar-refractivity contribution is 6.36. The van der Waals surface area contributed by atoms with E-state index in [1.165, 1.54) is 12.1 Å². The van der Waals surface area contributed by atoms with Crippen molar-refractivity contribution in [2.75, 3.05) is 36.5 Å². The minimum atomic E-state index is -0.714. The second-order valence-corrected chi connectivity index (χ2v) is 13.3. The summed E-state index contributed by atoms with van der Waals surface area (Å²) in [5.41, 5.74) is 6.58. The molecule has 13 heteroatoms. The van der Waals surface area contributed by atoms with E-state index in [-0.39, 0.29) is 26.8 Å². The van der Waals surface area contributed by atoms with Crippen molar-refractivity contribution in [2.24, 2.45) is 0 Å². The number of nitrogens with zero attached hydrogens (tertiary/aromatic N) is 6. The highest BCUT2D eigenvalue weighted by atomic mass is 35.5. The number of aryl methyl sites for hydroxylation is 2. The first-order valence-corrected chi connectivity index (χ1v) is 17.5. The van der Waals surface area contributed by atoms with E-state index in [0.717, 1.165) is 42.2 Å². The molecule has 0 bridgehead atoms. The largest absolute Gasteiger partial charge is 0.378 e. The van der Waals surface area contributed by atoms with E-state index in [0.29, 0.717) is 58.6 Å². The first-order chi connectivity index (χ1) is 26.0. The van der Waals surface area contributed by atoms with Crippen molar-refractivity contribution in [3.63, 3.8) is 0 Å². The number of aromatic nitrogens is 5. The molecular weight excluding hydrogens is 718 g/mol. The van der Waals surface area contributed by atoms with Gasteiger partial charge in [0.05, 0.1) is 68.5 Å². The normalized spacial score (nSPS) is 12.9. The molecule has 0 aliphatic carbocycles. The lowest BCUT2D eigenvalue weighted by Crippen LogP contribution is -2.36. The van der Waals surface area contributed by atoms with Crippen LogP contribution in [0.1, 0.15) is 22.3 Å². The smallest absolute Gasteiger partial charge is 0.137 e. The van der Waals surface area contributed by atoms with Crippen LogP contribution >= 0.6 is 11.6 Å². The van der Waals surface area contributed by atoms with Gasteiger partial charge in [-0.2, -0.15) is 0 Å². The Balaban J connectivity index is 0.000000184. The van der Waals surface area contributed by atoms with Crippen molar-refractivity contribution >= 4 is 50.7 Å². The molecular formula is C41H34ClF4N7O. The van der Waals surface area contributed by atoms with Gasteiger partial charge in [0.1, 0.15) is 34.9 Å². The summed E-state index contributed by atoms with van der Waals surface area (Å²) in [7, 11) is 0. The summed E-state index contributed by atoms with van der Waals surface area (Å²) in [6.45, 7) is 10.3. The molecule has 5 aromatic heterocycles. The number of pyridine rings is 5. The van der Waals surface area contributed by atoms with E-state index in [2.05, 4.69) is 30.2 Å². The molecule has 1 aliphatic rings. The van der Waals surface area contributed by atoms with Crippen LogP contribution < -0.4 is 10.2 Å². The zero-order valence-corrected chi connectivity index (χ0v) is 30.6. The number of nitrogens with one attached hydrogen (secondary N) is 1. The zero-order chi connectivity index (χ0) is 38.1. The van der Waals surface area contributed by atoms with Gasteiger partial charge < -0.3 is 15.0 Å². The minimum Gasteiger partial charge on any atom is -0.378 e. The summed E-state index contributed by atoms with van der Waals surface area (Å²) in [6.07, 6.45) is 3.36. The monoisotopic (exact) mass is 751 g/mol. The Morgan fingerprint density at radius 1 is 0.667 bits per heavy atom. The molecule has 0 saturated carbocycles. The summed E-state index contributed by atoms with van der Waals surface area (Å²) in [5, 5.41) is 3.86. The molecule has 0 amide bonds. The number of morpholine rings is 1. The number of rotatable bonds is 5. The van der Waals surface area contributed by atoms with Gasteiger partial charge in [-0.1, -0.05) is 17.7 Å². The molecule has 54 heavy (non-hydrogen) atoms. The zero-order valence-electron chi connectivity index (χ0n) is 29.8. The van der Waals surface area contributed by atoms with E-state index >= 15 is 0 Å². The first-order valence-electron chi connectivity index (χ1n) is 17.1. The third kappa shape index (κ3) is 7.53. The third-order valence-corrected chi connectivity index (χ3v) is 9.53. The number of halogens is 5. The maximum Gasteiger partial charge on any atom is 0.137 e. The molecule has 2 aromatic carbocycles. The molecule has 1 saturated heterocycles. The van der Waals surface area contributed by atoms with Gasteiger partial charge in [0.25, 0.3) is 0 Å². The molecule has 0 unspecified atom stereocenters. The van der Waals surface area contributed by atoms with Gasteiger partial charge >= 0.3 is 0 Å². The van der Waals surface area contributed by atoms with Crippen LogP contribution in [-0.4, -0.2) is 51.2 Å². The molecule has 7 aromatic rings. The lowest BCUT2D eigenvalue weighted by Gasteiger charge is -2.28. The predicted octanol–water partition coefficient (Wildman–Crippen LogP) is 10.0. The quantitative estimate of drug-likeness (QED) is 0.174. The van der Waals surface area contributed by atoms with Crippen molar-refractivity contribution in [2.45, 2.75) is 27.7 Å². The fraction of sp³-hybridized carbons (Fsp3) is 0.195. The highest BCUT2D eigenvalue weighted by Crippen LogP contribution is 2.37. The summed E-state index contributed by atoms with van der Waals surface area (Å²) >= 11 is 6.25. The summed E-state index contributed by atoms with van der Waals surface area (Å²) in [5.74, 6) is -1.40. The van der Waals surface area contributed by atoms with Crippen molar-refractivity contribution in [3.05, 3.63) is 130 Å². The average molecular weight is 752 g/mol. The van der Waals surface area contributed by atoms with Crippen LogP contribution in [0.5, 0.6) is 0 Å². The van der Waals surface area contributed by atoms with Crippen LogP contribution in [0, 0.1) is 51.0 Å². The Morgan fingerprint density at radius 3 is 1.81 bits per heavy atom. The Hall–Kier alpha value is -5.72. The molecule has 0 atom stereocenters. The van der Waals surface area contributed by atoms with E-state index in [1.54, 1.807) is 19.3 Å². The maximum absolute atomic E-state index is 15.0. The van der Waals surface area contributed by atoms with E-state index in [1.807, 2.05) is 63.2 Å². The molecule has 1 N–H and O–H groups in total. The standard InChI is InChI=1S/C25H23F2N5O.C16H11ClF2N2/c1-15-6-7-28-20(12-15)24-16(2)25(23-18(27)13-17(26)14-19(23)29-24)31-21-4-3-5-22(30-21)32-8-10-33-11-9-32;1-8-3-4-20-13(5-8)16-9(2)15(17)14-11(19)6-10(18)7-12(14)21-16/h3-7,12-14H,8-11H2,1-2H3,(H,29,30,31);3-7H,1-2H3. The second-order valence-electron chi connectivity index (χ2n) is 13.0. The van der Waals surface area contributed by atoms with Gasteiger partial charge in [0.2, 0.25) is 0 Å². The van der Waals surface area contributed by atoms with Crippen molar-refractivity contribution in [3.8, 4) is 22.8 Å². The maximum atomic E-state index is 15.0. The van der Waals surface area contributed by atoms with Gasteiger partial charge in [-0.3, -0.25) is 9.97 Å². The van der Waals surface area contributed by atoms with Crippen LogP contribution in [0.3, 0.4) is 0 Å². The summed E-state index contributed by atoms with van der Waals surface area (Å²) < 4.78 is 61.8. The van der Waals surface area contributed by atoms with Crippen LogP contribution in [0.2, 0.25) is 5.02 Å². The highest BCUT2D eigenvalue weighted by Gasteiger charge is 2.21. The SMILES string of the molecule is Cc1ccnc(-c2nc3cc(F)cc(F)c3c(Cl)c2C)c1.Cc1ccnc(-c2nc3cc(F)cc(F)c3c(Nc3cccc(N4CCOCC4)n3)c2C)c1. The Kier molecular flexibility index (Phi) is 10.4. The first kappa shape index (κ1) is 36.6. The molecule has 274 valence electrons. The van der Waals surface area contributed by atoms with E-state index in [9.17, 15) is 17.6 Å². The second kappa shape index (κ2) is 15.3. The fourth-order valence-electron chi connectivity index (χ4n) is 6.34. The molecule has 8 nitrogen and oxygen atoms in total. The average Bonchev–Trinajstić information content (AvgIpc) is 3.14. The molecule has 8 rings (SSSR count). The van der Waals surface area contributed by atoms with Crippen LogP contribution in [0.4, 0.5) is 34.9 Å². The lowest BCUT2D eigenvalue weighted by molar-refractivity contribution is 0.122. The van der Waals surface area contributed by atoms with Gasteiger partial charge in [0.15, 0.2) is 0 Å². The van der Waals surface area contributed by atoms with E-state index in [4.69, 9.17) is 21.3 Å². The van der Waals surface area contributed by atoms with Crippen molar-refractivity contribution in [1.29, 1.82) is 0 Å². The van der Waals surface area contributed by atoms with Crippen molar-refractivity contribution < 1.29 is 22.3 Å². The Labute approximate surface area is 313 Å². The van der Waals surface area contributed by atoms with Crippen LogP contribution in [0.15, 0.2) is 79.1 Å². The predicted molar refractivity (Wildman–Crippen MR) is 204 cm³/mol. The Morgan fingerprint density at radius 2 is 1.22 bits per heavy atom. The number of hydrogen-bond donors (Lipinski definition) is 1. The molecule has 1 fully saturated rings. The fourth-order valence-corrected chi connectivity index (χ4v) is 6.62. The minimum absolute atomic E-state index is 0.131. The molecule has 0 radical (unpaired) electrons. The third-order valence-electron chi connectivity index (χ3n) is 9.06. The Bertz CT molecular complexity index is 2550. The van der Waals surface area contributed by atoms with Crippen molar-refractivity contribution in [1.82, 2.24) is 24.9 Å². The van der Waals surface area contributed by atoms with Gasteiger partial charge in [0, 0.05) is 55.3 Å². The van der Waals surface area contributed by atoms with Crippen LogP contribution in [-0.2, 0) is 4.74 Å². The number of anilines is 3. The number of hydrogen-bond acceptors (Lipinski definition) is 8. The van der Waals surface area contributed by atoms with Crippen LogP contribution in [0.25, 0.3) is 44.6 Å². The number of benzene rings is 2. The topological polar surface area (TPSA) is 89.0 Å². The van der Waals surface area contributed by atoms with E-state index < -0.39 is 23.3 Å².